The van der Waals surface area contributed by atoms with E-state index in [0.717, 1.165) is 29.8 Å². The van der Waals surface area contributed by atoms with E-state index >= 15 is 0 Å². The first-order valence-electron chi connectivity index (χ1n) is 8.14. The topological polar surface area (TPSA) is 76.0 Å². The second-order valence-electron chi connectivity index (χ2n) is 6.33. The van der Waals surface area contributed by atoms with Crippen molar-refractivity contribution in [2.24, 2.45) is 7.05 Å². The summed E-state index contributed by atoms with van der Waals surface area (Å²) < 4.78 is 1.78. The second-order valence-corrected chi connectivity index (χ2v) is 6.33. The van der Waals surface area contributed by atoms with Crippen LogP contribution in [0.3, 0.4) is 0 Å². The van der Waals surface area contributed by atoms with Gasteiger partial charge in [-0.25, -0.2) is 0 Å². The molecule has 2 amide bonds. The van der Waals surface area contributed by atoms with Crippen molar-refractivity contribution in [1.29, 1.82) is 0 Å². The molecule has 0 aliphatic heterocycles. The number of aromatic nitrogens is 2. The van der Waals surface area contributed by atoms with Crippen molar-refractivity contribution in [3.05, 3.63) is 46.8 Å². The Morgan fingerprint density at radius 1 is 1.29 bits per heavy atom. The highest BCUT2D eigenvalue weighted by atomic mass is 16.2. The number of nitrogens with one attached hydrogen (secondary N) is 2. The van der Waals surface area contributed by atoms with Crippen LogP contribution in [0.4, 0.5) is 5.69 Å². The lowest BCUT2D eigenvalue weighted by Gasteiger charge is -2.08. The fourth-order valence-electron chi connectivity index (χ4n) is 2.67. The molecule has 0 saturated heterocycles. The predicted octanol–water partition coefficient (Wildman–Crippen LogP) is 2.11. The van der Waals surface area contributed by atoms with Crippen LogP contribution >= 0.6 is 0 Å². The molecular weight excluding hydrogens is 304 g/mol. The Bertz CT molecular complexity index is 790. The number of rotatable bonds is 5. The van der Waals surface area contributed by atoms with Gasteiger partial charge in [0.2, 0.25) is 5.91 Å². The quantitative estimate of drug-likeness (QED) is 0.883. The van der Waals surface area contributed by atoms with Crippen molar-refractivity contribution in [2.75, 3.05) is 5.32 Å². The molecule has 0 spiro atoms. The largest absolute Gasteiger partial charge is 0.349 e. The minimum absolute atomic E-state index is 0.0902. The molecule has 0 bridgehead atoms. The van der Waals surface area contributed by atoms with E-state index in [0.29, 0.717) is 17.3 Å². The minimum Gasteiger partial charge on any atom is -0.349 e. The standard InChI is InChI=1S/C18H22N4O2/c1-11-16(12(2)22(3)21-11)10-17(23)19-15-6-4-5-13(9-15)18(24)20-14-7-8-14/h4-6,9,14H,7-8,10H2,1-3H3,(H,19,23)(H,20,24). The number of benzene rings is 1. The maximum atomic E-state index is 12.3. The molecule has 1 aromatic carbocycles. The average Bonchev–Trinajstić information content (AvgIpc) is 3.32. The van der Waals surface area contributed by atoms with Crippen LogP contribution in [0.2, 0.25) is 0 Å². The smallest absolute Gasteiger partial charge is 0.251 e. The van der Waals surface area contributed by atoms with Crippen molar-refractivity contribution in [3.63, 3.8) is 0 Å². The SMILES string of the molecule is Cc1nn(C)c(C)c1CC(=O)Nc1cccc(C(=O)NC2CC2)c1. The molecule has 0 atom stereocenters. The summed E-state index contributed by atoms with van der Waals surface area (Å²) in [5.74, 6) is -0.207. The summed E-state index contributed by atoms with van der Waals surface area (Å²) in [4.78, 5) is 24.4. The highest BCUT2D eigenvalue weighted by Gasteiger charge is 2.23. The van der Waals surface area contributed by atoms with Gasteiger partial charge in [0.25, 0.3) is 5.91 Å². The number of amides is 2. The fourth-order valence-corrected chi connectivity index (χ4v) is 2.67. The number of carbonyl (C=O) groups excluding carboxylic acids is 2. The van der Waals surface area contributed by atoms with Gasteiger partial charge in [0.05, 0.1) is 12.1 Å². The normalized spacial score (nSPS) is 13.6. The summed E-state index contributed by atoms with van der Waals surface area (Å²) >= 11 is 0. The lowest BCUT2D eigenvalue weighted by Crippen LogP contribution is -2.25. The molecule has 6 nitrogen and oxygen atoms in total. The van der Waals surface area contributed by atoms with Crippen LogP contribution in [0.1, 0.15) is 40.2 Å². The summed E-state index contributed by atoms with van der Waals surface area (Å²) in [6, 6.07) is 7.33. The van der Waals surface area contributed by atoms with E-state index in [2.05, 4.69) is 15.7 Å². The molecule has 2 aromatic rings. The first-order valence-corrected chi connectivity index (χ1v) is 8.14. The van der Waals surface area contributed by atoms with Gasteiger partial charge in [-0.1, -0.05) is 6.07 Å². The number of anilines is 1. The summed E-state index contributed by atoms with van der Waals surface area (Å²) in [7, 11) is 1.87. The van der Waals surface area contributed by atoms with Crippen LogP contribution in [0.15, 0.2) is 24.3 Å². The first-order chi connectivity index (χ1) is 11.4. The monoisotopic (exact) mass is 326 g/mol. The molecule has 126 valence electrons. The van der Waals surface area contributed by atoms with Crippen molar-refractivity contribution >= 4 is 17.5 Å². The Hall–Kier alpha value is -2.63. The molecule has 0 unspecified atom stereocenters. The summed E-state index contributed by atoms with van der Waals surface area (Å²) in [5, 5.41) is 10.1. The Balaban J connectivity index is 1.66. The van der Waals surface area contributed by atoms with Crippen LogP contribution in [-0.2, 0) is 18.3 Å². The summed E-state index contributed by atoms with van der Waals surface area (Å²) in [6.45, 7) is 3.85. The zero-order valence-electron chi connectivity index (χ0n) is 14.2. The zero-order valence-corrected chi connectivity index (χ0v) is 14.2. The summed E-state index contributed by atoms with van der Waals surface area (Å²) in [5.41, 5.74) is 3.98. The third-order valence-corrected chi connectivity index (χ3v) is 4.32. The highest BCUT2D eigenvalue weighted by molar-refractivity contribution is 5.97. The maximum Gasteiger partial charge on any atom is 0.251 e. The Kier molecular flexibility index (Phi) is 4.38. The minimum atomic E-state index is -0.117. The Labute approximate surface area is 141 Å². The van der Waals surface area contributed by atoms with E-state index in [1.54, 1.807) is 28.9 Å². The van der Waals surface area contributed by atoms with Crippen molar-refractivity contribution in [2.45, 2.75) is 39.2 Å². The Morgan fingerprint density at radius 2 is 2.04 bits per heavy atom. The number of carbonyl (C=O) groups is 2. The molecular formula is C18H22N4O2. The number of hydrogen-bond acceptors (Lipinski definition) is 3. The van der Waals surface area contributed by atoms with E-state index in [9.17, 15) is 9.59 Å². The van der Waals surface area contributed by atoms with Gasteiger partial charge in [-0.3, -0.25) is 14.3 Å². The molecule has 2 N–H and O–H groups in total. The first kappa shape index (κ1) is 16.2. The molecule has 24 heavy (non-hydrogen) atoms. The predicted molar refractivity (Wildman–Crippen MR) is 91.9 cm³/mol. The summed E-state index contributed by atoms with van der Waals surface area (Å²) in [6.07, 6.45) is 2.36. The average molecular weight is 326 g/mol. The van der Waals surface area contributed by atoms with E-state index < -0.39 is 0 Å². The molecule has 1 fully saturated rings. The van der Waals surface area contributed by atoms with Crippen LogP contribution in [0, 0.1) is 13.8 Å². The molecule has 1 aliphatic carbocycles. The zero-order chi connectivity index (χ0) is 17.3. The van der Waals surface area contributed by atoms with E-state index in [4.69, 9.17) is 0 Å². The second kappa shape index (κ2) is 6.47. The molecule has 1 saturated carbocycles. The van der Waals surface area contributed by atoms with Gasteiger partial charge in [-0.2, -0.15) is 5.10 Å². The van der Waals surface area contributed by atoms with E-state index in [1.807, 2.05) is 20.9 Å². The van der Waals surface area contributed by atoms with Gasteiger partial charge in [0.1, 0.15) is 0 Å². The van der Waals surface area contributed by atoms with Gasteiger partial charge in [-0.15, -0.1) is 0 Å². The van der Waals surface area contributed by atoms with Crippen molar-refractivity contribution < 1.29 is 9.59 Å². The van der Waals surface area contributed by atoms with Gasteiger partial charge in [0, 0.05) is 35.6 Å². The van der Waals surface area contributed by atoms with Crippen LogP contribution in [0.25, 0.3) is 0 Å². The van der Waals surface area contributed by atoms with Gasteiger partial charge in [-0.05, 0) is 44.9 Å². The molecule has 0 radical (unpaired) electrons. The van der Waals surface area contributed by atoms with Gasteiger partial charge < -0.3 is 10.6 Å². The van der Waals surface area contributed by atoms with Crippen LogP contribution in [-0.4, -0.2) is 27.6 Å². The van der Waals surface area contributed by atoms with Crippen LogP contribution < -0.4 is 10.6 Å². The molecule has 1 aromatic heterocycles. The molecule has 1 heterocycles. The Morgan fingerprint density at radius 3 is 2.67 bits per heavy atom. The molecule has 1 aliphatic rings. The number of hydrogen-bond donors (Lipinski definition) is 2. The molecule has 6 heteroatoms. The third kappa shape index (κ3) is 3.64. The van der Waals surface area contributed by atoms with Gasteiger partial charge in [0.15, 0.2) is 0 Å². The maximum absolute atomic E-state index is 12.3. The van der Waals surface area contributed by atoms with E-state index in [-0.39, 0.29) is 18.2 Å². The van der Waals surface area contributed by atoms with Gasteiger partial charge >= 0.3 is 0 Å². The number of aryl methyl sites for hydroxylation is 2. The van der Waals surface area contributed by atoms with E-state index in [1.165, 1.54) is 0 Å². The fraction of sp³-hybridized carbons (Fsp3) is 0.389. The van der Waals surface area contributed by atoms with Crippen molar-refractivity contribution in [1.82, 2.24) is 15.1 Å². The van der Waals surface area contributed by atoms with Crippen molar-refractivity contribution in [3.8, 4) is 0 Å². The number of nitrogens with zero attached hydrogens (tertiary/aromatic N) is 2. The lowest BCUT2D eigenvalue weighted by atomic mass is 10.1. The lowest BCUT2D eigenvalue weighted by molar-refractivity contribution is -0.115. The highest BCUT2D eigenvalue weighted by Crippen LogP contribution is 2.20. The van der Waals surface area contributed by atoms with Crippen LogP contribution in [0.5, 0.6) is 0 Å². The molecule has 3 rings (SSSR count). The third-order valence-electron chi connectivity index (χ3n) is 4.32.